The molecule has 5 N–H and O–H groups in total. The molecule has 0 fully saturated rings. The number of nitrogens with zero attached hydrogens (tertiary/aromatic N) is 1. The van der Waals surface area contributed by atoms with E-state index in [1.807, 2.05) is 0 Å². The van der Waals surface area contributed by atoms with Crippen LogP contribution in [0.4, 0.5) is 5.69 Å². The zero-order chi connectivity index (χ0) is 15.0. The van der Waals surface area contributed by atoms with Crippen LogP contribution in [0, 0.1) is 0 Å². The Bertz CT molecular complexity index is 846. The number of anilines is 1. The molecule has 3 aromatic rings. The van der Waals surface area contributed by atoms with Crippen LogP contribution in [0.1, 0.15) is 17.3 Å². The third-order valence-electron chi connectivity index (χ3n) is 3.15. The van der Waals surface area contributed by atoms with Crippen LogP contribution in [0.15, 0.2) is 30.6 Å². The highest BCUT2D eigenvalue weighted by Crippen LogP contribution is 2.30. The first-order chi connectivity index (χ1) is 10.1. The lowest BCUT2D eigenvalue weighted by molar-refractivity contribution is -0.114. The third-order valence-corrected chi connectivity index (χ3v) is 3.15. The van der Waals surface area contributed by atoms with Crippen LogP contribution in [-0.2, 0) is 4.79 Å². The van der Waals surface area contributed by atoms with E-state index < -0.39 is 5.91 Å². The molecule has 0 atom stereocenters. The SMILES string of the molecule is CC(=O)Nc1ccc(C(N)=O)c(-c2n[nH]c3c[nH]cc23)c1. The van der Waals surface area contributed by atoms with Gasteiger partial charge in [0, 0.05) is 41.5 Å². The Kier molecular flexibility index (Phi) is 2.94. The van der Waals surface area contributed by atoms with Gasteiger partial charge in [-0.25, -0.2) is 0 Å². The van der Waals surface area contributed by atoms with E-state index in [0.29, 0.717) is 22.5 Å². The van der Waals surface area contributed by atoms with E-state index in [1.165, 1.54) is 6.92 Å². The van der Waals surface area contributed by atoms with Crippen molar-refractivity contribution in [3.8, 4) is 11.3 Å². The van der Waals surface area contributed by atoms with Gasteiger partial charge in [-0.3, -0.25) is 14.7 Å². The molecule has 2 amide bonds. The zero-order valence-electron chi connectivity index (χ0n) is 11.2. The first-order valence-corrected chi connectivity index (χ1v) is 6.29. The van der Waals surface area contributed by atoms with Gasteiger partial charge in [0.1, 0.15) is 5.69 Å². The van der Waals surface area contributed by atoms with Crippen molar-refractivity contribution >= 4 is 28.4 Å². The smallest absolute Gasteiger partial charge is 0.249 e. The number of nitrogens with two attached hydrogens (primary N) is 1. The van der Waals surface area contributed by atoms with Gasteiger partial charge in [-0.2, -0.15) is 5.10 Å². The molecule has 0 aliphatic rings. The molecule has 0 unspecified atom stereocenters. The number of amides is 2. The lowest BCUT2D eigenvalue weighted by atomic mass is 10.0. The van der Waals surface area contributed by atoms with Gasteiger partial charge in [-0.05, 0) is 18.2 Å². The predicted molar refractivity (Wildman–Crippen MR) is 78.7 cm³/mol. The van der Waals surface area contributed by atoms with Crippen molar-refractivity contribution in [2.75, 3.05) is 5.32 Å². The van der Waals surface area contributed by atoms with E-state index in [4.69, 9.17) is 5.73 Å². The summed E-state index contributed by atoms with van der Waals surface area (Å²) in [6, 6.07) is 4.90. The Morgan fingerprint density at radius 3 is 2.81 bits per heavy atom. The fourth-order valence-electron chi connectivity index (χ4n) is 2.27. The number of H-pyrrole nitrogens is 2. The zero-order valence-corrected chi connectivity index (χ0v) is 11.2. The number of hydrogen-bond acceptors (Lipinski definition) is 3. The van der Waals surface area contributed by atoms with E-state index in [9.17, 15) is 9.59 Å². The number of primary amides is 1. The summed E-state index contributed by atoms with van der Waals surface area (Å²) in [7, 11) is 0. The number of nitrogens with one attached hydrogen (secondary N) is 3. The molecule has 106 valence electrons. The van der Waals surface area contributed by atoms with E-state index in [2.05, 4.69) is 20.5 Å². The molecule has 0 aliphatic heterocycles. The molecule has 7 nitrogen and oxygen atoms in total. The monoisotopic (exact) mass is 283 g/mol. The highest BCUT2D eigenvalue weighted by molar-refractivity contribution is 6.05. The second-order valence-electron chi connectivity index (χ2n) is 4.66. The molecular formula is C14H13N5O2. The van der Waals surface area contributed by atoms with Gasteiger partial charge in [0.25, 0.3) is 0 Å². The number of rotatable bonds is 3. The minimum Gasteiger partial charge on any atom is -0.366 e. The van der Waals surface area contributed by atoms with Gasteiger partial charge in [0.2, 0.25) is 11.8 Å². The maximum atomic E-state index is 11.6. The predicted octanol–water partition coefficient (Wildman–Crippen LogP) is 1.62. The molecule has 0 saturated heterocycles. The quantitative estimate of drug-likeness (QED) is 0.585. The Hall–Kier alpha value is -3.09. The summed E-state index contributed by atoms with van der Waals surface area (Å²) >= 11 is 0. The minimum absolute atomic E-state index is 0.193. The lowest BCUT2D eigenvalue weighted by Crippen LogP contribution is -2.13. The normalized spacial score (nSPS) is 10.7. The topological polar surface area (TPSA) is 117 Å². The largest absolute Gasteiger partial charge is 0.366 e. The second-order valence-corrected chi connectivity index (χ2v) is 4.66. The Morgan fingerprint density at radius 1 is 1.29 bits per heavy atom. The van der Waals surface area contributed by atoms with Crippen LogP contribution in [0.25, 0.3) is 22.2 Å². The standard InChI is InChI=1S/C14H13N5O2/c1-7(20)17-8-2-3-9(14(15)21)10(4-8)13-11-5-16-6-12(11)18-19-13/h2-6,16,18H,1H3,(H2,15,21)(H,17,20). The van der Waals surface area contributed by atoms with Gasteiger partial charge < -0.3 is 16.0 Å². The average Bonchev–Trinajstić information content (AvgIpc) is 2.99. The van der Waals surface area contributed by atoms with E-state index >= 15 is 0 Å². The van der Waals surface area contributed by atoms with Gasteiger partial charge in [0.05, 0.1) is 5.52 Å². The Balaban J connectivity index is 2.20. The van der Waals surface area contributed by atoms with Gasteiger partial charge in [-0.15, -0.1) is 0 Å². The number of carbonyl (C=O) groups is 2. The number of benzene rings is 1. The lowest BCUT2D eigenvalue weighted by Gasteiger charge is -2.08. The van der Waals surface area contributed by atoms with E-state index in [-0.39, 0.29) is 5.91 Å². The van der Waals surface area contributed by atoms with Crippen LogP contribution in [-0.4, -0.2) is 27.0 Å². The molecule has 2 heterocycles. The fourth-order valence-corrected chi connectivity index (χ4v) is 2.27. The molecule has 0 saturated carbocycles. The summed E-state index contributed by atoms with van der Waals surface area (Å²) in [6.07, 6.45) is 3.55. The number of aromatic nitrogens is 3. The highest BCUT2D eigenvalue weighted by atomic mass is 16.1. The number of fused-ring (bicyclic) bond motifs is 1. The number of aromatic amines is 2. The van der Waals surface area contributed by atoms with Crippen molar-refractivity contribution < 1.29 is 9.59 Å². The summed E-state index contributed by atoms with van der Waals surface area (Å²) < 4.78 is 0. The minimum atomic E-state index is -0.550. The van der Waals surface area contributed by atoms with Crippen LogP contribution in [0.5, 0.6) is 0 Å². The van der Waals surface area contributed by atoms with Gasteiger partial charge >= 0.3 is 0 Å². The van der Waals surface area contributed by atoms with Crippen molar-refractivity contribution in [3.63, 3.8) is 0 Å². The molecule has 2 aromatic heterocycles. The first kappa shape index (κ1) is 12.9. The van der Waals surface area contributed by atoms with Crippen molar-refractivity contribution in [3.05, 3.63) is 36.2 Å². The molecule has 0 bridgehead atoms. The molecular weight excluding hydrogens is 270 g/mol. The van der Waals surface area contributed by atoms with Gasteiger partial charge in [0.15, 0.2) is 0 Å². The summed E-state index contributed by atoms with van der Waals surface area (Å²) in [4.78, 5) is 25.8. The van der Waals surface area contributed by atoms with Crippen LogP contribution >= 0.6 is 0 Å². The van der Waals surface area contributed by atoms with Crippen molar-refractivity contribution in [1.82, 2.24) is 15.2 Å². The maximum absolute atomic E-state index is 11.6. The Morgan fingerprint density at radius 2 is 2.10 bits per heavy atom. The molecule has 3 rings (SSSR count). The second kappa shape index (κ2) is 4.78. The number of carbonyl (C=O) groups excluding carboxylic acids is 2. The summed E-state index contributed by atoms with van der Waals surface area (Å²) in [5, 5.41) is 10.6. The fraction of sp³-hybridized carbons (Fsp3) is 0.0714. The van der Waals surface area contributed by atoms with Crippen molar-refractivity contribution in [2.24, 2.45) is 5.73 Å². The molecule has 21 heavy (non-hydrogen) atoms. The third kappa shape index (κ3) is 2.25. The van der Waals surface area contributed by atoms with E-state index in [1.54, 1.807) is 30.6 Å². The molecule has 1 aromatic carbocycles. The molecule has 7 heteroatoms. The number of hydrogen-bond donors (Lipinski definition) is 4. The van der Waals surface area contributed by atoms with Crippen LogP contribution in [0.3, 0.4) is 0 Å². The maximum Gasteiger partial charge on any atom is 0.249 e. The van der Waals surface area contributed by atoms with Crippen LogP contribution in [0.2, 0.25) is 0 Å². The Labute approximate surface area is 119 Å². The molecule has 0 aliphatic carbocycles. The average molecular weight is 283 g/mol. The van der Waals surface area contributed by atoms with Crippen molar-refractivity contribution in [1.29, 1.82) is 0 Å². The molecule has 0 radical (unpaired) electrons. The van der Waals surface area contributed by atoms with E-state index in [0.717, 1.165) is 10.9 Å². The summed E-state index contributed by atoms with van der Waals surface area (Å²) in [5.74, 6) is -0.743. The highest BCUT2D eigenvalue weighted by Gasteiger charge is 2.16. The van der Waals surface area contributed by atoms with Crippen molar-refractivity contribution in [2.45, 2.75) is 6.92 Å². The van der Waals surface area contributed by atoms with Crippen LogP contribution < -0.4 is 11.1 Å². The molecule has 0 spiro atoms. The summed E-state index contributed by atoms with van der Waals surface area (Å²) in [5.41, 5.74) is 8.34. The summed E-state index contributed by atoms with van der Waals surface area (Å²) in [6.45, 7) is 1.42. The van der Waals surface area contributed by atoms with Gasteiger partial charge in [-0.1, -0.05) is 0 Å². The first-order valence-electron chi connectivity index (χ1n) is 6.29.